The van der Waals surface area contributed by atoms with Crippen molar-refractivity contribution in [2.24, 2.45) is 4.99 Å². The van der Waals surface area contributed by atoms with Gasteiger partial charge >= 0.3 is 0 Å². The van der Waals surface area contributed by atoms with Crippen LogP contribution in [0.5, 0.6) is 0 Å². The largest absolute Gasteiger partial charge is 0.369 e. The minimum atomic E-state index is -0.293. The Balaban J connectivity index is 2.12. The molecule has 0 amide bonds. The van der Waals surface area contributed by atoms with Crippen molar-refractivity contribution >= 4 is 29.1 Å². The summed E-state index contributed by atoms with van der Waals surface area (Å²) in [5, 5.41) is 0.593. The number of nitrogens with zero attached hydrogens (tertiary/aromatic N) is 2. The summed E-state index contributed by atoms with van der Waals surface area (Å²) >= 11 is 1.48. The van der Waals surface area contributed by atoms with E-state index < -0.39 is 0 Å². The Morgan fingerprint density at radius 1 is 1.28 bits per heavy atom. The van der Waals surface area contributed by atoms with E-state index in [9.17, 15) is 4.79 Å². The monoisotopic (exact) mass is 258 g/mol. The van der Waals surface area contributed by atoms with Gasteiger partial charge in [0.15, 0.2) is 5.69 Å². The number of nitrogens with two attached hydrogens (primary N) is 1. The van der Waals surface area contributed by atoms with Gasteiger partial charge in [0.2, 0.25) is 5.95 Å². The summed E-state index contributed by atoms with van der Waals surface area (Å²) in [7, 11) is 0. The van der Waals surface area contributed by atoms with Gasteiger partial charge in [-0.25, -0.2) is 9.98 Å². The number of anilines is 1. The maximum absolute atomic E-state index is 11.8. The summed E-state index contributed by atoms with van der Waals surface area (Å²) in [4.78, 5) is 22.7. The van der Waals surface area contributed by atoms with Crippen molar-refractivity contribution in [3.05, 3.63) is 46.2 Å². The van der Waals surface area contributed by atoms with E-state index in [1.165, 1.54) is 11.8 Å². The molecule has 1 aliphatic rings. The standard InChI is InChI=1S/C12H10N4OS/c13-12-15-10(17)9-11(16-12)18-6-8(14-9)7-4-2-1-3-5-7/h1-5H,6H2,(H3,13,15,16,17). The Bertz CT molecular complexity index is 678. The molecule has 5 nitrogen and oxygen atoms in total. The molecule has 0 bridgehead atoms. The summed E-state index contributed by atoms with van der Waals surface area (Å²) in [6, 6.07) is 9.79. The van der Waals surface area contributed by atoms with Crippen LogP contribution in [0.4, 0.5) is 11.6 Å². The number of nitrogen functional groups attached to an aromatic ring is 1. The third-order valence-electron chi connectivity index (χ3n) is 2.58. The fourth-order valence-corrected chi connectivity index (χ4v) is 2.69. The first-order valence-corrected chi connectivity index (χ1v) is 6.38. The highest BCUT2D eigenvalue weighted by Crippen LogP contribution is 2.30. The number of hydrogen-bond donors (Lipinski definition) is 2. The summed E-state index contributed by atoms with van der Waals surface area (Å²) in [6.07, 6.45) is 0. The van der Waals surface area contributed by atoms with Gasteiger partial charge in [0.1, 0.15) is 5.03 Å². The topological polar surface area (TPSA) is 84.1 Å². The van der Waals surface area contributed by atoms with Crippen LogP contribution in [0, 0.1) is 0 Å². The van der Waals surface area contributed by atoms with Crippen LogP contribution in [0.1, 0.15) is 5.56 Å². The number of benzene rings is 1. The summed E-state index contributed by atoms with van der Waals surface area (Å²) in [6.45, 7) is 0. The third kappa shape index (κ3) is 1.91. The van der Waals surface area contributed by atoms with Crippen molar-refractivity contribution < 1.29 is 0 Å². The normalized spacial score (nSPS) is 13.9. The predicted molar refractivity (Wildman–Crippen MR) is 72.6 cm³/mol. The summed E-state index contributed by atoms with van der Waals surface area (Å²) in [5.41, 5.74) is 7.45. The van der Waals surface area contributed by atoms with E-state index in [2.05, 4.69) is 15.0 Å². The Labute approximate surface area is 107 Å². The zero-order valence-corrected chi connectivity index (χ0v) is 10.2. The van der Waals surface area contributed by atoms with Gasteiger partial charge in [0.25, 0.3) is 5.56 Å². The number of rotatable bonds is 1. The van der Waals surface area contributed by atoms with Crippen LogP contribution in [0.25, 0.3) is 0 Å². The van der Waals surface area contributed by atoms with E-state index in [4.69, 9.17) is 5.73 Å². The smallest absolute Gasteiger partial charge is 0.279 e. The Kier molecular flexibility index (Phi) is 2.64. The maximum Gasteiger partial charge on any atom is 0.279 e. The molecule has 90 valence electrons. The van der Waals surface area contributed by atoms with Gasteiger partial charge in [-0.05, 0) is 5.56 Å². The minimum absolute atomic E-state index is 0.129. The lowest BCUT2D eigenvalue weighted by Crippen LogP contribution is -2.17. The zero-order chi connectivity index (χ0) is 12.5. The van der Waals surface area contributed by atoms with Crippen molar-refractivity contribution in [1.29, 1.82) is 0 Å². The minimum Gasteiger partial charge on any atom is -0.369 e. The highest BCUT2D eigenvalue weighted by atomic mass is 32.2. The van der Waals surface area contributed by atoms with Crippen molar-refractivity contribution in [3.63, 3.8) is 0 Å². The quantitative estimate of drug-likeness (QED) is 0.760. The molecule has 6 heteroatoms. The number of fused-ring (bicyclic) bond motifs is 1. The SMILES string of the molecule is Nc1nc2c(c(=O)[nH]1)N=C(c1ccccc1)CS2. The first-order chi connectivity index (χ1) is 8.74. The van der Waals surface area contributed by atoms with Gasteiger partial charge in [0.05, 0.1) is 5.71 Å². The Hall–Kier alpha value is -2.08. The fourth-order valence-electron chi connectivity index (χ4n) is 1.74. The van der Waals surface area contributed by atoms with Crippen molar-refractivity contribution in [3.8, 4) is 0 Å². The number of aromatic nitrogens is 2. The number of aliphatic imine (C=N–C) groups is 1. The van der Waals surface area contributed by atoms with Gasteiger partial charge in [0, 0.05) is 5.75 Å². The third-order valence-corrected chi connectivity index (χ3v) is 3.56. The van der Waals surface area contributed by atoms with Crippen LogP contribution < -0.4 is 11.3 Å². The molecule has 18 heavy (non-hydrogen) atoms. The van der Waals surface area contributed by atoms with Crippen LogP contribution in [-0.2, 0) is 0 Å². The van der Waals surface area contributed by atoms with Gasteiger partial charge in [-0.15, -0.1) is 0 Å². The molecule has 2 heterocycles. The van der Waals surface area contributed by atoms with Crippen molar-refractivity contribution in [2.45, 2.75) is 5.03 Å². The fraction of sp³-hybridized carbons (Fsp3) is 0.0833. The molecule has 1 aromatic heterocycles. The van der Waals surface area contributed by atoms with Gasteiger partial charge in [-0.3, -0.25) is 9.78 Å². The molecule has 3 rings (SSSR count). The molecule has 0 radical (unpaired) electrons. The lowest BCUT2D eigenvalue weighted by Gasteiger charge is -2.13. The molecule has 1 aromatic carbocycles. The average Bonchev–Trinajstić information content (AvgIpc) is 2.39. The van der Waals surface area contributed by atoms with E-state index in [0.717, 1.165) is 11.3 Å². The molecule has 0 saturated carbocycles. The highest BCUT2D eigenvalue weighted by molar-refractivity contribution is 8.00. The van der Waals surface area contributed by atoms with Crippen LogP contribution in [0.15, 0.2) is 45.1 Å². The van der Waals surface area contributed by atoms with Crippen molar-refractivity contribution in [1.82, 2.24) is 9.97 Å². The van der Waals surface area contributed by atoms with Crippen LogP contribution in [-0.4, -0.2) is 21.4 Å². The van der Waals surface area contributed by atoms with E-state index in [-0.39, 0.29) is 11.5 Å². The van der Waals surface area contributed by atoms with Crippen LogP contribution in [0.3, 0.4) is 0 Å². The van der Waals surface area contributed by atoms with Gasteiger partial charge < -0.3 is 5.73 Å². The second-order valence-electron chi connectivity index (χ2n) is 3.82. The molecule has 3 N–H and O–H groups in total. The molecular formula is C12H10N4OS. The second kappa shape index (κ2) is 4.30. The molecule has 1 aliphatic heterocycles. The lowest BCUT2D eigenvalue weighted by molar-refractivity contribution is 1.02. The second-order valence-corrected chi connectivity index (χ2v) is 4.78. The van der Waals surface area contributed by atoms with Crippen LogP contribution in [0.2, 0.25) is 0 Å². The van der Waals surface area contributed by atoms with E-state index in [1.54, 1.807) is 0 Å². The molecule has 2 aromatic rings. The maximum atomic E-state index is 11.8. The Morgan fingerprint density at radius 3 is 2.83 bits per heavy atom. The average molecular weight is 258 g/mol. The molecule has 0 aliphatic carbocycles. The van der Waals surface area contributed by atoms with E-state index in [0.29, 0.717) is 16.5 Å². The molecule has 0 atom stereocenters. The van der Waals surface area contributed by atoms with Gasteiger partial charge in [-0.2, -0.15) is 0 Å². The molecular weight excluding hydrogens is 248 g/mol. The van der Waals surface area contributed by atoms with Crippen LogP contribution >= 0.6 is 11.8 Å². The Morgan fingerprint density at radius 2 is 2.06 bits per heavy atom. The molecule has 0 spiro atoms. The van der Waals surface area contributed by atoms with Gasteiger partial charge in [-0.1, -0.05) is 42.1 Å². The zero-order valence-electron chi connectivity index (χ0n) is 9.38. The number of thioether (sulfide) groups is 1. The van der Waals surface area contributed by atoms with Crippen molar-refractivity contribution in [2.75, 3.05) is 11.5 Å². The first-order valence-electron chi connectivity index (χ1n) is 5.39. The number of aromatic amines is 1. The van der Waals surface area contributed by atoms with E-state index >= 15 is 0 Å². The summed E-state index contributed by atoms with van der Waals surface area (Å²) < 4.78 is 0. The molecule has 0 fully saturated rings. The predicted octanol–water partition coefficient (Wildman–Crippen LogP) is 1.58. The number of H-pyrrole nitrogens is 1. The number of hydrogen-bond acceptors (Lipinski definition) is 5. The molecule has 0 saturated heterocycles. The number of nitrogens with one attached hydrogen (secondary N) is 1. The highest BCUT2D eigenvalue weighted by Gasteiger charge is 2.18. The lowest BCUT2D eigenvalue weighted by atomic mass is 10.1. The molecule has 0 unspecified atom stereocenters. The first kappa shape index (κ1) is 11.0. The summed E-state index contributed by atoms with van der Waals surface area (Å²) in [5.74, 6) is 0.817. The van der Waals surface area contributed by atoms with E-state index in [1.807, 2.05) is 30.3 Å².